The molecule has 1 amide bonds. The quantitative estimate of drug-likeness (QED) is 0.837. The highest BCUT2D eigenvalue weighted by Crippen LogP contribution is 2.37. The second kappa shape index (κ2) is 6.07. The van der Waals surface area contributed by atoms with Crippen LogP contribution in [0, 0.1) is 12.8 Å². The Morgan fingerprint density at radius 3 is 2.92 bits per heavy atom. The third-order valence-electron chi connectivity index (χ3n) is 5.66. The smallest absolute Gasteiger partial charge is 0.219 e. The number of carbonyl (C=O) groups excluding carboxylic acids is 1. The van der Waals surface area contributed by atoms with Gasteiger partial charge in [0.1, 0.15) is 11.4 Å². The third kappa shape index (κ3) is 3.30. The summed E-state index contributed by atoms with van der Waals surface area (Å²) in [6, 6.07) is 6.37. The van der Waals surface area contributed by atoms with Crippen LogP contribution in [0.15, 0.2) is 18.2 Å². The summed E-state index contributed by atoms with van der Waals surface area (Å²) in [7, 11) is 0. The molecule has 0 bridgehead atoms. The second-order valence-electron chi connectivity index (χ2n) is 8.05. The fourth-order valence-electron chi connectivity index (χ4n) is 4.25. The van der Waals surface area contributed by atoms with Crippen LogP contribution in [0.1, 0.15) is 43.7 Å². The number of piperidine rings is 1. The molecule has 1 saturated heterocycles. The number of ether oxygens (including phenoxy) is 1. The van der Waals surface area contributed by atoms with E-state index >= 15 is 0 Å². The van der Waals surface area contributed by atoms with Gasteiger partial charge in [0, 0.05) is 32.1 Å². The van der Waals surface area contributed by atoms with Gasteiger partial charge in [-0.2, -0.15) is 0 Å². The lowest BCUT2D eigenvalue weighted by atomic mass is 9.91. The van der Waals surface area contributed by atoms with Crippen LogP contribution >= 0.6 is 0 Å². The van der Waals surface area contributed by atoms with Gasteiger partial charge in [0.15, 0.2) is 0 Å². The number of hydrogen-bond donors (Lipinski definition) is 0. The van der Waals surface area contributed by atoms with E-state index in [0.29, 0.717) is 13.1 Å². The SMILES string of the molecule is CC(=O)N1Cc2cc(C)ccc2O[C@@]2(CCCN(CC3CC3)C2)C1. The molecule has 4 nitrogen and oxygen atoms in total. The van der Waals surface area contributed by atoms with Crippen LogP contribution in [0.2, 0.25) is 0 Å². The summed E-state index contributed by atoms with van der Waals surface area (Å²) >= 11 is 0. The largest absolute Gasteiger partial charge is 0.484 e. The fourth-order valence-corrected chi connectivity index (χ4v) is 4.25. The molecule has 4 rings (SSSR count). The number of benzene rings is 1. The molecule has 0 N–H and O–H groups in total. The maximum absolute atomic E-state index is 12.2. The Kier molecular flexibility index (Phi) is 4.03. The van der Waals surface area contributed by atoms with Crippen LogP contribution in [0.4, 0.5) is 0 Å². The standard InChI is InChI=1S/C20H28N2O2/c1-15-4-7-19-18(10-15)12-22(16(2)23)14-20(24-19)8-3-9-21(13-20)11-17-5-6-17/h4,7,10,17H,3,5-6,8-9,11-14H2,1-2H3/t20-/m1/s1. The maximum Gasteiger partial charge on any atom is 0.219 e. The molecule has 2 aliphatic heterocycles. The highest BCUT2D eigenvalue weighted by Gasteiger charge is 2.43. The molecule has 24 heavy (non-hydrogen) atoms. The first-order valence-electron chi connectivity index (χ1n) is 9.29. The Bertz CT molecular complexity index is 641. The van der Waals surface area contributed by atoms with E-state index in [-0.39, 0.29) is 11.5 Å². The van der Waals surface area contributed by atoms with E-state index in [4.69, 9.17) is 4.74 Å². The molecule has 130 valence electrons. The number of fused-ring (bicyclic) bond motifs is 1. The van der Waals surface area contributed by atoms with Crippen molar-refractivity contribution < 1.29 is 9.53 Å². The van der Waals surface area contributed by atoms with Gasteiger partial charge in [-0.3, -0.25) is 9.69 Å². The third-order valence-corrected chi connectivity index (χ3v) is 5.66. The zero-order valence-corrected chi connectivity index (χ0v) is 14.9. The number of aryl methyl sites for hydroxylation is 1. The number of nitrogens with zero attached hydrogens (tertiary/aromatic N) is 2. The summed E-state index contributed by atoms with van der Waals surface area (Å²) in [5.74, 6) is 2.01. The predicted octanol–water partition coefficient (Wildman–Crippen LogP) is 2.98. The average Bonchev–Trinajstić information content (AvgIpc) is 3.34. The number of likely N-dealkylation sites (tertiary alicyclic amines) is 1. The van der Waals surface area contributed by atoms with Crippen LogP contribution in [-0.2, 0) is 11.3 Å². The summed E-state index contributed by atoms with van der Waals surface area (Å²) in [6.07, 6.45) is 4.95. The van der Waals surface area contributed by atoms with Crippen LogP contribution < -0.4 is 4.74 Å². The number of amides is 1. The normalized spacial score (nSPS) is 27.5. The van der Waals surface area contributed by atoms with Crippen molar-refractivity contribution in [1.29, 1.82) is 0 Å². The van der Waals surface area contributed by atoms with Gasteiger partial charge in [-0.05, 0) is 51.1 Å². The molecular formula is C20H28N2O2. The first kappa shape index (κ1) is 15.9. The predicted molar refractivity (Wildman–Crippen MR) is 94.0 cm³/mol. The topological polar surface area (TPSA) is 32.8 Å². The molecule has 1 saturated carbocycles. The Labute approximate surface area is 144 Å². The van der Waals surface area contributed by atoms with Crippen molar-refractivity contribution in [1.82, 2.24) is 9.80 Å². The summed E-state index contributed by atoms with van der Waals surface area (Å²) in [5, 5.41) is 0. The van der Waals surface area contributed by atoms with Crippen molar-refractivity contribution in [2.24, 2.45) is 5.92 Å². The summed E-state index contributed by atoms with van der Waals surface area (Å²) in [4.78, 5) is 16.7. The van der Waals surface area contributed by atoms with Crippen molar-refractivity contribution in [3.8, 4) is 5.75 Å². The van der Waals surface area contributed by atoms with E-state index in [0.717, 1.165) is 36.6 Å². The minimum absolute atomic E-state index is 0.145. The van der Waals surface area contributed by atoms with E-state index in [2.05, 4.69) is 30.0 Å². The molecule has 0 unspecified atom stereocenters. The molecule has 1 aliphatic carbocycles. The van der Waals surface area contributed by atoms with E-state index < -0.39 is 0 Å². The van der Waals surface area contributed by atoms with Crippen LogP contribution in [0.5, 0.6) is 5.75 Å². The highest BCUT2D eigenvalue weighted by molar-refractivity contribution is 5.73. The number of hydrogen-bond acceptors (Lipinski definition) is 3. The maximum atomic E-state index is 12.2. The minimum atomic E-state index is -0.251. The van der Waals surface area contributed by atoms with E-state index in [9.17, 15) is 4.79 Å². The lowest BCUT2D eigenvalue weighted by Gasteiger charge is -2.43. The van der Waals surface area contributed by atoms with E-state index in [1.165, 1.54) is 31.5 Å². The van der Waals surface area contributed by atoms with Gasteiger partial charge >= 0.3 is 0 Å². The molecule has 1 aromatic rings. The molecule has 2 heterocycles. The molecule has 2 fully saturated rings. The molecule has 1 atom stereocenters. The van der Waals surface area contributed by atoms with Crippen molar-refractivity contribution in [2.75, 3.05) is 26.2 Å². The van der Waals surface area contributed by atoms with Crippen LogP contribution in [-0.4, -0.2) is 47.5 Å². The molecule has 1 aromatic carbocycles. The lowest BCUT2D eigenvalue weighted by molar-refractivity contribution is -0.133. The first-order valence-corrected chi connectivity index (χ1v) is 9.29. The number of rotatable bonds is 2. The lowest BCUT2D eigenvalue weighted by Crippen LogP contribution is -2.57. The van der Waals surface area contributed by atoms with Gasteiger partial charge in [-0.25, -0.2) is 0 Å². The summed E-state index contributed by atoms with van der Waals surface area (Å²) in [5.41, 5.74) is 2.11. The Morgan fingerprint density at radius 1 is 1.33 bits per heavy atom. The summed E-state index contributed by atoms with van der Waals surface area (Å²) in [6.45, 7) is 8.46. The highest BCUT2D eigenvalue weighted by atomic mass is 16.5. The van der Waals surface area contributed by atoms with Crippen molar-refractivity contribution >= 4 is 5.91 Å². The van der Waals surface area contributed by atoms with Crippen molar-refractivity contribution in [3.05, 3.63) is 29.3 Å². The fraction of sp³-hybridized carbons (Fsp3) is 0.650. The van der Waals surface area contributed by atoms with E-state index in [1.54, 1.807) is 6.92 Å². The number of carbonyl (C=O) groups is 1. The Morgan fingerprint density at radius 2 is 2.17 bits per heavy atom. The molecule has 0 radical (unpaired) electrons. The first-order chi connectivity index (χ1) is 11.5. The van der Waals surface area contributed by atoms with Crippen molar-refractivity contribution in [2.45, 2.75) is 51.7 Å². The zero-order valence-electron chi connectivity index (χ0n) is 14.9. The van der Waals surface area contributed by atoms with Gasteiger partial charge in [0.25, 0.3) is 0 Å². The molecule has 3 aliphatic rings. The van der Waals surface area contributed by atoms with Crippen LogP contribution in [0.3, 0.4) is 0 Å². The average molecular weight is 328 g/mol. The Hall–Kier alpha value is -1.55. The van der Waals surface area contributed by atoms with Gasteiger partial charge in [-0.1, -0.05) is 17.7 Å². The van der Waals surface area contributed by atoms with Gasteiger partial charge in [0.05, 0.1) is 6.54 Å². The van der Waals surface area contributed by atoms with Gasteiger partial charge in [0.2, 0.25) is 5.91 Å². The monoisotopic (exact) mass is 328 g/mol. The van der Waals surface area contributed by atoms with Crippen LogP contribution in [0.25, 0.3) is 0 Å². The van der Waals surface area contributed by atoms with E-state index in [1.807, 2.05) is 4.90 Å². The second-order valence-corrected chi connectivity index (χ2v) is 8.05. The molecular weight excluding hydrogens is 300 g/mol. The summed E-state index contributed by atoms with van der Waals surface area (Å²) < 4.78 is 6.62. The van der Waals surface area contributed by atoms with Gasteiger partial charge in [-0.15, -0.1) is 0 Å². The van der Waals surface area contributed by atoms with Gasteiger partial charge < -0.3 is 9.64 Å². The zero-order chi connectivity index (χ0) is 16.7. The van der Waals surface area contributed by atoms with Crippen molar-refractivity contribution in [3.63, 3.8) is 0 Å². The minimum Gasteiger partial charge on any atom is -0.484 e. The molecule has 1 spiro atoms. The Balaban J connectivity index is 1.63. The molecule has 4 heteroatoms. The molecule has 0 aromatic heterocycles.